The first-order valence-electron chi connectivity index (χ1n) is 11.2. The maximum absolute atomic E-state index is 11.7. The molecule has 0 atom stereocenters. The van der Waals surface area contributed by atoms with E-state index in [9.17, 15) is 4.79 Å². The third-order valence-electron chi connectivity index (χ3n) is 5.10. The van der Waals surface area contributed by atoms with E-state index in [0.29, 0.717) is 12.4 Å². The van der Waals surface area contributed by atoms with Gasteiger partial charge in [-0.25, -0.2) is 9.78 Å². The number of nitrogen functional groups attached to an aromatic ring is 1. The lowest BCUT2D eigenvalue weighted by Gasteiger charge is -2.06. The van der Waals surface area contributed by atoms with Gasteiger partial charge in [-0.2, -0.15) is 0 Å². The molecule has 1 rings (SSSR count). The summed E-state index contributed by atoms with van der Waals surface area (Å²) in [6.45, 7) is 5.20. The zero-order valence-corrected chi connectivity index (χ0v) is 17.7. The lowest BCUT2D eigenvalue weighted by atomic mass is 10.0. The molecule has 0 aliphatic heterocycles. The zero-order valence-electron chi connectivity index (χ0n) is 17.7. The molecule has 2 N–H and O–H groups in total. The van der Waals surface area contributed by atoms with Gasteiger partial charge in [-0.15, -0.1) is 0 Å². The lowest BCUT2D eigenvalue weighted by Crippen LogP contribution is -2.10. The molecule has 156 valence electrons. The Labute approximate surface area is 166 Å². The summed E-state index contributed by atoms with van der Waals surface area (Å²) in [5, 5.41) is 0. The first-order chi connectivity index (χ1) is 13.2. The van der Waals surface area contributed by atoms with Crippen molar-refractivity contribution in [3.63, 3.8) is 0 Å². The molecule has 0 radical (unpaired) electrons. The maximum Gasteiger partial charge on any atom is 0.360 e. The van der Waals surface area contributed by atoms with Gasteiger partial charge in [0.05, 0.1) is 12.9 Å². The molecule has 0 spiro atoms. The van der Waals surface area contributed by atoms with Crippen molar-refractivity contribution in [1.29, 1.82) is 0 Å². The van der Waals surface area contributed by atoms with Crippen LogP contribution in [0.1, 0.15) is 114 Å². The minimum absolute atomic E-state index is 0.238. The van der Waals surface area contributed by atoms with Gasteiger partial charge in [0.25, 0.3) is 0 Å². The topological polar surface area (TPSA) is 70.1 Å². The van der Waals surface area contributed by atoms with Crippen LogP contribution in [0.15, 0.2) is 6.33 Å². The van der Waals surface area contributed by atoms with E-state index in [1.807, 2.05) is 4.57 Å². The highest BCUT2D eigenvalue weighted by molar-refractivity contribution is 5.92. The summed E-state index contributed by atoms with van der Waals surface area (Å²) in [7, 11) is 0. The number of hydrogen-bond acceptors (Lipinski definition) is 4. The van der Waals surface area contributed by atoms with Crippen LogP contribution in [0.5, 0.6) is 0 Å². The Kier molecular flexibility index (Phi) is 13.5. The second-order valence-corrected chi connectivity index (χ2v) is 7.49. The number of unbranched alkanes of at least 4 members (excludes halogenated alkanes) is 13. The molecule has 27 heavy (non-hydrogen) atoms. The summed E-state index contributed by atoms with van der Waals surface area (Å²) >= 11 is 0. The number of anilines is 1. The molecule has 0 unspecified atom stereocenters. The average Bonchev–Trinajstić information content (AvgIpc) is 3.03. The van der Waals surface area contributed by atoms with Gasteiger partial charge in [-0.3, -0.25) is 0 Å². The normalized spacial score (nSPS) is 11.0. The molecule has 1 aromatic heterocycles. The van der Waals surface area contributed by atoms with E-state index in [2.05, 4.69) is 11.9 Å². The monoisotopic (exact) mass is 379 g/mol. The predicted molar refractivity (Wildman–Crippen MR) is 113 cm³/mol. The fourth-order valence-electron chi connectivity index (χ4n) is 3.40. The number of imidazole rings is 1. The van der Waals surface area contributed by atoms with Gasteiger partial charge in [0.1, 0.15) is 5.82 Å². The van der Waals surface area contributed by atoms with Crippen molar-refractivity contribution in [3.05, 3.63) is 12.0 Å². The lowest BCUT2D eigenvalue weighted by molar-refractivity contribution is 0.0521. The molecule has 0 saturated carbocycles. The van der Waals surface area contributed by atoms with Crippen molar-refractivity contribution in [1.82, 2.24) is 9.55 Å². The highest BCUT2D eigenvalue weighted by atomic mass is 16.5. The molecule has 5 nitrogen and oxygen atoms in total. The van der Waals surface area contributed by atoms with Gasteiger partial charge in [-0.05, 0) is 13.3 Å². The van der Waals surface area contributed by atoms with Gasteiger partial charge < -0.3 is 15.0 Å². The Balaban J connectivity index is 1.95. The fraction of sp³-hybridized carbons (Fsp3) is 0.818. The molecule has 0 aliphatic carbocycles. The SMILES string of the molecule is CCCCCCCCCCCCCCCCn1cnc(C(=O)OCC)c1N. The Morgan fingerprint density at radius 3 is 1.85 bits per heavy atom. The molecule has 0 aromatic carbocycles. The van der Waals surface area contributed by atoms with Crippen molar-refractivity contribution >= 4 is 11.8 Å². The number of aryl methyl sites for hydroxylation is 1. The number of nitrogens with zero attached hydrogens (tertiary/aromatic N) is 2. The number of carbonyl (C=O) groups is 1. The largest absolute Gasteiger partial charge is 0.461 e. The summed E-state index contributed by atoms with van der Waals surface area (Å²) in [5.74, 6) is -0.0159. The van der Waals surface area contributed by atoms with Crippen LogP contribution >= 0.6 is 0 Å². The van der Waals surface area contributed by atoms with E-state index in [0.717, 1.165) is 13.0 Å². The molecule has 0 amide bonds. The Morgan fingerprint density at radius 1 is 0.889 bits per heavy atom. The number of nitrogens with two attached hydrogens (primary N) is 1. The van der Waals surface area contributed by atoms with Gasteiger partial charge in [0, 0.05) is 6.54 Å². The van der Waals surface area contributed by atoms with Crippen molar-refractivity contribution in [2.75, 3.05) is 12.3 Å². The number of aromatic nitrogens is 2. The zero-order chi connectivity index (χ0) is 19.7. The molecule has 0 bridgehead atoms. The molecular formula is C22H41N3O2. The standard InChI is InChI=1S/C22H41N3O2/c1-3-5-6-7-8-9-10-11-12-13-14-15-16-17-18-25-19-24-20(21(25)23)22(26)27-4-2/h19H,3-18,23H2,1-2H3. The van der Waals surface area contributed by atoms with Crippen molar-refractivity contribution in [2.45, 2.75) is 110 Å². The van der Waals surface area contributed by atoms with E-state index < -0.39 is 5.97 Å². The number of carbonyl (C=O) groups excluding carboxylic acids is 1. The van der Waals surface area contributed by atoms with E-state index in [-0.39, 0.29) is 5.69 Å². The van der Waals surface area contributed by atoms with E-state index >= 15 is 0 Å². The Bertz CT molecular complexity index is 500. The third kappa shape index (κ3) is 10.4. The first-order valence-corrected chi connectivity index (χ1v) is 11.2. The predicted octanol–water partition coefficient (Wildman–Crippen LogP) is 6.12. The van der Waals surface area contributed by atoms with Gasteiger partial charge in [-0.1, -0.05) is 90.4 Å². The summed E-state index contributed by atoms with van der Waals surface area (Å²) in [4.78, 5) is 15.8. The van der Waals surface area contributed by atoms with Crippen molar-refractivity contribution in [3.8, 4) is 0 Å². The second-order valence-electron chi connectivity index (χ2n) is 7.49. The smallest absolute Gasteiger partial charge is 0.360 e. The van der Waals surface area contributed by atoms with E-state index in [1.165, 1.54) is 83.5 Å². The first kappa shape index (κ1) is 23.5. The number of esters is 1. The summed E-state index contributed by atoms with van der Waals surface area (Å²) < 4.78 is 6.81. The van der Waals surface area contributed by atoms with Crippen LogP contribution in [-0.2, 0) is 11.3 Å². The Hall–Kier alpha value is -1.52. The van der Waals surface area contributed by atoms with E-state index in [1.54, 1.807) is 13.3 Å². The van der Waals surface area contributed by atoms with Gasteiger partial charge in [0.15, 0.2) is 5.69 Å². The van der Waals surface area contributed by atoms with Crippen LogP contribution < -0.4 is 5.73 Å². The van der Waals surface area contributed by atoms with Crippen LogP contribution in [0, 0.1) is 0 Å². The molecule has 0 aliphatic rings. The average molecular weight is 380 g/mol. The molecular weight excluding hydrogens is 338 g/mol. The third-order valence-corrected chi connectivity index (χ3v) is 5.10. The fourth-order valence-corrected chi connectivity index (χ4v) is 3.40. The quantitative estimate of drug-likeness (QED) is 0.261. The van der Waals surface area contributed by atoms with Crippen molar-refractivity contribution < 1.29 is 9.53 Å². The second kappa shape index (κ2) is 15.5. The van der Waals surface area contributed by atoms with Crippen LogP contribution in [0.4, 0.5) is 5.82 Å². The molecule has 0 fully saturated rings. The number of ether oxygens (including phenoxy) is 1. The van der Waals surface area contributed by atoms with Gasteiger partial charge in [0.2, 0.25) is 0 Å². The Morgan fingerprint density at radius 2 is 1.37 bits per heavy atom. The van der Waals surface area contributed by atoms with Crippen molar-refractivity contribution in [2.24, 2.45) is 0 Å². The van der Waals surface area contributed by atoms with Crippen LogP contribution in [0.3, 0.4) is 0 Å². The van der Waals surface area contributed by atoms with Gasteiger partial charge >= 0.3 is 5.97 Å². The van der Waals surface area contributed by atoms with E-state index in [4.69, 9.17) is 10.5 Å². The highest BCUT2D eigenvalue weighted by Crippen LogP contribution is 2.15. The minimum Gasteiger partial charge on any atom is -0.461 e. The summed E-state index contributed by atoms with van der Waals surface area (Å²) in [6, 6.07) is 0. The summed E-state index contributed by atoms with van der Waals surface area (Å²) in [5.41, 5.74) is 6.23. The molecule has 0 saturated heterocycles. The molecule has 1 aromatic rings. The van der Waals surface area contributed by atoms with Crippen LogP contribution in [0.2, 0.25) is 0 Å². The van der Waals surface area contributed by atoms with Crippen LogP contribution in [-0.4, -0.2) is 22.1 Å². The van der Waals surface area contributed by atoms with Crippen LogP contribution in [0.25, 0.3) is 0 Å². The minimum atomic E-state index is -0.435. The number of rotatable bonds is 17. The maximum atomic E-state index is 11.7. The molecule has 5 heteroatoms. The highest BCUT2D eigenvalue weighted by Gasteiger charge is 2.16. The molecule has 1 heterocycles. The number of hydrogen-bond donors (Lipinski definition) is 1. The summed E-state index contributed by atoms with van der Waals surface area (Å²) in [6.07, 6.45) is 20.5.